The van der Waals surface area contributed by atoms with Crippen LogP contribution in [0.5, 0.6) is 0 Å². The fourth-order valence-electron chi connectivity index (χ4n) is 3.66. The van der Waals surface area contributed by atoms with E-state index in [-0.39, 0.29) is 30.3 Å². The second-order valence-electron chi connectivity index (χ2n) is 6.77. The van der Waals surface area contributed by atoms with Crippen molar-refractivity contribution in [2.24, 2.45) is 0 Å². The molecule has 3 N–H and O–H groups in total. The molecule has 27 heavy (non-hydrogen) atoms. The topological polar surface area (TPSA) is 90.5 Å². The molecule has 2 atom stereocenters. The van der Waals surface area contributed by atoms with Gasteiger partial charge in [0.1, 0.15) is 6.04 Å². The van der Waals surface area contributed by atoms with E-state index in [1.807, 2.05) is 29.0 Å². The molecule has 1 fully saturated rings. The lowest BCUT2D eigenvalue weighted by atomic mass is 10.0. The number of rotatable bonds is 4. The molecule has 1 aromatic heterocycles. The largest absolute Gasteiger partial charge is 0.350 e. The standard InChI is InChI=1S/C19H20N4O3S/c1-20-8-17(24)21-13-7-16-18(25)22-15-3-2-11(12-4-5-27-10-12)6-14(15)19(26)23(16)9-13/h2-6,10,13,16,20H,7-9H2,1H3,(H,21,24)(H,22,25). The highest BCUT2D eigenvalue weighted by Gasteiger charge is 2.43. The van der Waals surface area contributed by atoms with Crippen LogP contribution in [0, 0.1) is 0 Å². The number of nitrogens with zero attached hydrogens (tertiary/aromatic N) is 1. The lowest BCUT2D eigenvalue weighted by Crippen LogP contribution is -2.42. The lowest BCUT2D eigenvalue weighted by molar-refractivity contribution is -0.121. The number of carbonyl (C=O) groups excluding carboxylic acids is 3. The summed E-state index contributed by atoms with van der Waals surface area (Å²) in [4.78, 5) is 39.2. The van der Waals surface area contributed by atoms with Crippen LogP contribution >= 0.6 is 11.3 Å². The van der Waals surface area contributed by atoms with Gasteiger partial charge in [-0.25, -0.2) is 0 Å². The van der Waals surface area contributed by atoms with Gasteiger partial charge >= 0.3 is 0 Å². The molecular formula is C19H20N4O3S. The van der Waals surface area contributed by atoms with E-state index >= 15 is 0 Å². The monoisotopic (exact) mass is 384 g/mol. The summed E-state index contributed by atoms with van der Waals surface area (Å²) >= 11 is 1.59. The molecule has 0 saturated carbocycles. The third-order valence-electron chi connectivity index (χ3n) is 4.93. The van der Waals surface area contributed by atoms with E-state index in [0.29, 0.717) is 24.2 Å². The van der Waals surface area contributed by atoms with E-state index in [9.17, 15) is 14.4 Å². The first-order valence-electron chi connectivity index (χ1n) is 8.79. The zero-order chi connectivity index (χ0) is 19.0. The summed E-state index contributed by atoms with van der Waals surface area (Å²) in [6.07, 6.45) is 0.415. The van der Waals surface area contributed by atoms with Gasteiger partial charge in [-0.3, -0.25) is 14.4 Å². The minimum absolute atomic E-state index is 0.145. The minimum atomic E-state index is -0.575. The van der Waals surface area contributed by atoms with Crippen LogP contribution in [-0.2, 0) is 9.59 Å². The second kappa shape index (κ2) is 7.13. The van der Waals surface area contributed by atoms with Crippen molar-refractivity contribution in [1.82, 2.24) is 15.5 Å². The third kappa shape index (κ3) is 3.33. The molecule has 0 bridgehead atoms. The Hall–Kier alpha value is -2.71. The molecule has 3 amide bonds. The molecule has 4 rings (SSSR count). The SMILES string of the molecule is CNCC(=O)NC1CC2C(=O)Nc3ccc(-c4ccsc4)cc3C(=O)N2C1. The van der Waals surface area contributed by atoms with Crippen molar-refractivity contribution in [2.45, 2.75) is 18.5 Å². The number of thiophene rings is 1. The Bertz CT molecular complexity index is 896. The van der Waals surface area contributed by atoms with Gasteiger partial charge in [0.05, 0.1) is 17.8 Å². The molecule has 0 aliphatic carbocycles. The van der Waals surface area contributed by atoms with E-state index in [2.05, 4.69) is 16.0 Å². The predicted molar refractivity (Wildman–Crippen MR) is 104 cm³/mol. The summed E-state index contributed by atoms with van der Waals surface area (Å²) < 4.78 is 0. The van der Waals surface area contributed by atoms with Gasteiger partial charge in [0.25, 0.3) is 5.91 Å². The van der Waals surface area contributed by atoms with Crippen LogP contribution in [0.3, 0.4) is 0 Å². The fraction of sp³-hybridized carbons (Fsp3) is 0.316. The molecular weight excluding hydrogens is 364 g/mol. The van der Waals surface area contributed by atoms with Gasteiger partial charge in [0.15, 0.2) is 0 Å². The molecule has 7 nitrogen and oxygen atoms in total. The molecule has 2 aliphatic rings. The fourth-order valence-corrected chi connectivity index (χ4v) is 4.33. The number of benzene rings is 1. The molecule has 140 valence electrons. The lowest BCUT2D eigenvalue weighted by Gasteiger charge is -2.20. The van der Waals surface area contributed by atoms with Gasteiger partial charge < -0.3 is 20.9 Å². The van der Waals surface area contributed by atoms with E-state index in [1.54, 1.807) is 29.4 Å². The maximum atomic E-state index is 13.2. The first-order valence-corrected chi connectivity index (χ1v) is 9.73. The number of fused-ring (bicyclic) bond motifs is 2. The number of nitrogens with one attached hydrogen (secondary N) is 3. The molecule has 2 aliphatic heterocycles. The van der Waals surface area contributed by atoms with Crippen LogP contribution in [-0.4, -0.2) is 54.8 Å². The van der Waals surface area contributed by atoms with Gasteiger partial charge in [-0.05, 0) is 53.6 Å². The molecule has 8 heteroatoms. The normalized spacial score (nSPS) is 21.3. The van der Waals surface area contributed by atoms with Crippen molar-refractivity contribution in [2.75, 3.05) is 25.5 Å². The van der Waals surface area contributed by atoms with Crippen molar-refractivity contribution in [3.05, 3.63) is 40.6 Å². The Kier molecular flexibility index (Phi) is 4.67. The van der Waals surface area contributed by atoms with Crippen molar-refractivity contribution in [3.63, 3.8) is 0 Å². The zero-order valence-electron chi connectivity index (χ0n) is 14.8. The molecule has 1 aromatic carbocycles. The van der Waals surface area contributed by atoms with E-state index in [0.717, 1.165) is 11.1 Å². The molecule has 0 spiro atoms. The minimum Gasteiger partial charge on any atom is -0.350 e. The molecule has 2 aromatic rings. The van der Waals surface area contributed by atoms with Crippen LogP contribution in [0.1, 0.15) is 16.8 Å². The Morgan fingerprint density at radius 1 is 1.30 bits per heavy atom. The number of anilines is 1. The molecule has 0 radical (unpaired) electrons. The Balaban J connectivity index is 1.61. The Morgan fingerprint density at radius 3 is 2.89 bits per heavy atom. The summed E-state index contributed by atoms with van der Waals surface area (Å²) in [5.41, 5.74) is 3.00. The van der Waals surface area contributed by atoms with Crippen LogP contribution < -0.4 is 16.0 Å². The van der Waals surface area contributed by atoms with Crippen LogP contribution in [0.15, 0.2) is 35.0 Å². The average molecular weight is 384 g/mol. The number of hydrogen-bond donors (Lipinski definition) is 3. The highest BCUT2D eigenvalue weighted by molar-refractivity contribution is 7.08. The van der Waals surface area contributed by atoms with E-state index in [1.165, 1.54) is 0 Å². The van der Waals surface area contributed by atoms with Gasteiger partial charge in [0, 0.05) is 12.6 Å². The van der Waals surface area contributed by atoms with Gasteiger partial charge in [-0.1, -0.05) is 6.07 Å². The summed E-state index contributed by atoms with van der Waals surface area (Å²) in [7, 11) is 1.70. The third-order valence-corrected chi connectivity index (χ3v) is 5.61. The maximum Gasteiger partial charge on any atom is 0.256 e. The summed E-state index contributed by atoms with van der Waals surface area (Å²) in [6, 6.07) is 6.72. The summed E-state index contributed by atoms with van der Waals surface area (Å²) in [5.74, 6) is -0.542. The summed E-state index contributed by atoms with van der Waals surface area (Å²) in [5, 5.41) is 12.6. The van der Waals surface area contributed by atoms with Crippen molar-refractivity contribution in [3.8, 4) is 11.1 Å². The average Bonchev–Trinajstić information content (AvgIpc) is 3.30. The first-order chi connectivity index (χ1) is 13.1. The van der Waals surface area contributed by atoms with Gasteiger partial charge in [-0.15, -0.1) is 0 Å². The first kappa shape index (κ1) is 17.7. The van der Waals surface area contributed by atoms with Crippen LogP contribution in [0.2, 0.25) is 0 Å². The smallest absolute Gasteiger partial charge is 0.256 e. The molecule has 1 saturated heterocycles. The molecule has 2 unspecified atom stereocenters. The van der Waals surface area contributed by atoms with Crippen LogP contribution in [0.4, 0.5) is 5.69 Å². The highest BCUT2D eigenvalue weighted by atomic mass is 32.1. The summed E-state index contributed by atoms with van der Waals surface area (Å²) in [6.45, 7) is 0.530. The maximum absolute atomic E-state index is 13.2. The molecule has 3 heterocycles. The number of likely N-dealkylation sites (N-methyl/N-ethyl adjacent to an activating group) is 1. The van der Waals surface area contributed by atoms with Crippen LogP contribution in [0.25, 0.3) is 11.1 Å². The van der Waals surface area contributed by atoms with Crippen molar-refractivity contribution in [1.29, 1.82) is 0 Å². The van der Waals surface area contributed by atoms with Gasteiger partial charge in [0.2, 0.25) is 11.8 Å². The van der Waals surface area contributed by atoms with Crippen molar-refractivity contribution >= 4 is 34.7 Å². The number of amides is 3. The quantitative estimate of drug-likeness (QED) is 0.741. The van der Waals surface area contributed by atoms with E-state index < -0.39 is 6.04 Å². The number of carbonyl (C=O) groups is 3. The Labute approximate surface area is 160 Å². The Morgan fingerprint density at radius 2 is 2.15 bits per heavy atom. The highest BCUT2D eigenvalue weighted by Crippen LogP contribution is 2.32. The number of hydrogen-bond acceptors (Lipinski definition) is 5. The predicted octanol–water partition coefficient (Wildman–Crippen LogP) is 1.29. The van der Waals surface area contributed by atoms with Gasteiger partial charge in [-0.2, -0.15) is 11.3 Å². The van der Waals surface area contributed by atoms with E-state index in [4.69, 9.17) is 0 Å². The second-order valence-corrected chi connectivity index (χ2v) is 7.55. The zero-order valence-corrected chi connectivity index (χ0v) is 15.6. The van der Waals surface area contributed by atoms with Crippen molar-refractivity contribution < 1.29 is 14.4 Å².